The lowest BCUT2D eigenvalue weighted by Crippen LogP contribution is -1.88. The molecule has 0 unspecified atom stereocenters. The predicted molar refractivity (Wildman–Crippen MR) is 62.4 cm³/mol. The maximum Gasteiger partial charge on any atom is 0.165 e. The molecule has 1 radical (unpaired) electrons. The van der Waals surface area contributed by atoms with Crippen LogP contribution >= 0.6 is 11.6 Å². The van der Waals surface area contributed by atoms with Gasteiger partial charge in [0, 0.05) is 5.02 Å². The van der Waals surface area contributed by atoms with Crippen LogP contribution in [0.15, 0.2) is 42.5 Å². The minimum absolute atomic E-state index is 0.148. The Hall–Kier alpha value is -1.54. The van der Waals surface area contributed by atoms with Gasteiger partial charge in [0.2, 0.25) is 0 Å². The molecule has 0 saturated carbocycles. The summed E-state index contributed by atoms with van der Waals surface area (Å²) < 4.78 is 18.7. The molecule has 1 nitrogen and oxygen atoms in total. The molecule has 16 heavy (non-hydrogen) atoms. The van der Waals surface area contributed by atoms with Gasteiger partial charge in [-0.3, -0.25) is 0 Å². The summed E-state index contributed by atoms with van der Waals surface area (Å²) in [7, 11) is 0. The van der Waals surface area contributed by atoms with Crippen LogP contribution in [0, 0.1) is 12.7 Å². The van der Waals surface area contributed by atoms with E-state index in [0.29, 0.717) is 16.3 Å². The van der Waals surface area contributed by atoms with Crippen molar-refractivity contribution in [3.05, 3.63) is 65.8 Å². The van der Waals surface area contributed by atoms with Crippen LogP contribution in [-0.2, 0) is 0 Å². The third-order valence-electron chi connectivity index (χ3n) is 2.02. The molecule has 2 aromatic rings. The lowest BCUT2D eigenvalue weighted by molar-refractivity contribution is 0.442. The highest BCUT2D eigenvalue weighted by atomic mass is 35.5. The van der Waals surface area contributed by atoms with Crippen molar-refractivity contribution in [1.29, 1.82) is 0 Å². The molecule has 3 heteroatoms. The Morgan fingerprint density at radius 2 is 1.94 bits per heavy atom. The Kier molecular flexibility index (Phi) is 3.11. The first kappa shape index (κ1) is 11.0. The van der Waals surface area contributed by atoms with E-state index in [0.717, 1.165) is 0 Å². The smallest absolute Gasteiger partial charge is 0.165 e. The first-order valence-electron chi connectivity index (χ1n) is 4.70. The molecule has 2 aromatic carbocycles. The fourth-order valence-electron chi connectivity index (χ4n) is 1.28. The van der Waals surface area contributed by atoms with Gasteiger partial charge in [-0.2, -0.15) is 0 Å². The van der Waals surface area contributed by atoms with Gasteiger partial charge in [0.1, 0.15) is 5.75 Å². The maximum atomic E-state index is 13.4. The summed E-state index contributed by atoms with van der Waals surface area (Å²) in [6.07, 6.45) is 0. The third-order valence-corrected chi connectivity index (χ3v) is 2.25. The quantitative estimate of drug-likeness (QED) is 0.747. The number of halogens is 2. The van der Waals surface area contributed by atoms with Gasteiger partial charge in [0.25, 0.3) is 0 Å². The lowest BCUT2D eigenvalue weighted by Gasteiger charge is -2.07. The van der Waals surface area contributed by atoms with E-state index in [9.17, 15) is 4.39 Å². The second-order valence-electron chi connectivity index (χ2n) is 3.32. The Labute approximate surface area is 98.4 Å². The number of ether oxygens (including phenoxy) is 1. The van der Waals surface area contributed by atoms with Gasteiger partial charge in [-0.1, -0.05) is 23.7 Å². The maximum absolute atomic E-state index is 13.4. The molecule has 0 fully saturated rings. The average molecular weight is 236 g/mol. The molecule has 0 saturated heterocycles. The van der Waals surface area contributed by atoms with Crippen molar-refractivity contribution in [2.45, 2.75) is 0 Å². The number of benzene rings is 2. The van der Waals surface area contributed by atoms with Crippen molar-refractivity contribution < 1.29 is 9.13 Å². The molecular weight excluding hydrogens is 227 g/mol. The molecule has 0 heterocycles. The van der Waals surface area contributed by atoms with Gasteiger partial charge in [0.15, 0.2) is 11.6 Å². The van der Waals surface area contributed by atoms with Crippen molar-refractivity contribution in [3.8, 4) is 11.5 Å². The highest BCUT2D eigenvalue weighted by molar-refractivity contribution is 6.30. The fourth-order valence-corrected chi connectivity index (χ4v) is 1.46. The second-order valence-corrected chi connectivity index (χ2v) is 3.76. The van der Waals surface area contributed by atoms with E-state index in [4.69, 9.17) is 16.3 Å². The van der Waals surface area contributed by atoms with Crippen molar-refractivity contribution in [2.75, 3.05) is 0 Å². The second kappa shape index (κ2) is 4.54. The van der Waals surface area contributed by atoms with Gasteiger partial charge in [-0.25, -0.2) is 4.39 Å². The van der Waals surface area contributed by atoms with Crippen molar-refractivity contribution >= 4 is 11.6 Å². The zero-order chi connectivity index (χ0) is 11.5. The minimum atomic E-state index is -0.424. The van der Waals surface area contributed by atoms with E-state index >= 15 is 0 Å². The SMILES string of the molecule is [CH2]c1ccc(F)c(Oc2cccc(Cl)c2)c1. The topological polar surface area (TPSA) is 9.23 Å². The Balaban J connectivity index is 2.30. The van der Waals surface area contributed by atoms with Crippen LogP contribution in [0.25, 0.3) is 0 Å². The van der Waals surface area contributed by atoms with Crippen LogP contribution in [0.3, 0.4) is 0 Å². The van der Waals surface area contributed by atoms with Gasteiger partial charge < -0.3 is 4.74 Å². The van der Waals surface area contributed by atoms with Crippen molar-refractivity contribution in [2.24, 2.45) is 0 Å². The normalized spacial score (nSPS) is 10.2. The van der Waals surface area contributed by atoms with E-state index in [-0.39, 0.29) is 5.75 Å². The van der Waals surface area contributed by atoms with E-state index in [2.05, 4.69) is 6.92 Å². The highest BCUT2D eigenvalue weighted by Crippen LogP contribution is 2.26. The summed E-state index contributed by atoms with van der Waals surface area (Å²) in [5, 5.41) is 0.545. The van der Waals surface area contributed by atoms with Crippen LogP contribution in [0.5, 0.6) is 11.5 Å². The summed E-state index contributed by atoms with van der Waals surface area (Å²) in [4.78, 5) is 0. The first-order valence-corrected chi connectivity index (χ1v) is 5.08. The number of rotatable bonds is 2. The van der Waals surface area contributed by atoms with Crippen LogP contribution in [-0.4, -0.2) is 0 Å². The molecule has 0 aromatic heterocycles. The zero-order valence-corrected chi connectivity index (χ0v) is 9.17. The largest absolute Gasteiger partial charge is 0.454 e. The number of hydrogen-bond acceptors (Lipinski definition) is 1. The summed E-state index contributed by atoms with van der Waals surface area (Å²) in [6, 6.07) is 11.2. The van der Waals surface area contributed by atoms with Crippen molar-refractivity contribution in [3.63, 3.8) is 0 Å². The van der Waals surface area contributed by atoms with Gasteiger partial charge in [0.05, 0.1) is 0 Å². The molecule has 81 valence electrons. The lowest BCUT2D eigenvalue weighted by atomic mass is 10.2. The molecule has 0 atom stereocenters. The molecule has 0 aliphatic carbocycles. The zero-order valence-electron chi connectivity index (χ0n) is 8.41. The minimum Gasteiger partial charge on any atom is -0.454 e. The molecule has 0 amide bonds. The van der Waals surface area contributed by atoms with Crippen LogP contribution in [0.2, 0.25) is 5.02 Å². The molecule has 0 N–H and O–H groups in total. The monoisotopic (exact) mass is 235 g/mol. The van der Waals surface area contributed by atoms with E-state index in [1.165, 1.54) is 12.1 Å². The van der Waals surface area contributed by atoms with E-state index < -0.39 is 5.82 Å². The predicted octanol–water partition coefficient (Wildman–Crippen LogP) is 4.45. The van der Waals surface area contributed by atoms with E-state index in [1.807, 2.05) is 0 Å². The summed E-state index contributed by atoms with van der Waals surface area (Å²) in [5.41, 5.74) is 0.693. The number of hydrogen-bond donors (Lipinski definition) is 0. The van der Waals surface area contributed by atoms with E-state index in [1.54, 1.807) is 30.3 Å². The van der Waals surface area contributed by atoms with Crippen LogP contribution < -0.4 is 4.74 Å². The standard InChI is InChI=1S/C13H9ClFO/c1-9-5-6-12(15)13(7-9)16-11-4-2-3-10(14)8-11/h2-8H,1H2. The molecule has 0 spiro atoms. The first-order chi connectivity index (χ1) is 7.65. The Morgan fingerprint density at radius 3 is 2.69 bits per heavy atom. The van der Waals surface area contributed by atoms with Gasteiger partial charge in [-0.15, -0.1) is 0 Å². The summed E-state index contributed by atoms with van der Waals surface area (Å²) in [6.45, 7) is 3.71. The van der Waals surface area contributed by atoms with Crippen LogP contribution in [0.1, 0.15) is 5.56 Å². The van der Waals surface area contributed by atoms with Gasteiger partial charge >= 0.3 is 0 Å². The molecule has 0 aliphatic heterocycles. The summed E-state index contributed by atoms with van der Waals surface area (Å²) >= 11 is 5.80. The Morgan fingerprint density at radius 1 is 1.12 bits per heavy atom. The average Bonchev–Trinajstić information content (AvgIpc) is 2.24. The van der Waals surface area contributed by atoms with Gasteiger partial charge in [-0.05, 0) is 42.8 Å². The fraction of sp³-hybridized carbons (Fsp3) is 0. The van der Waals surface area contributed by atoms with Crippen LogP contribution in [0.4, 0.5) is 4.39 Å². The third kappa shape index (κ3) is 2.52. The highest BCUT2D eigenvalue weighted by Gasteiger charge is 2.04. The molecular formula is C13H9ClFO. The summed E-state index contributed by atoms with van der Waals surface area (Å²) in [5.74, 6) is 0.221. The Bertz CT molecular complexity index is 511. The van der Waals surface area contributed by atoms with Crippen molar-refractivity contribution in [1.82, 2.24) is 0 Å². The molecule has 0 aliphatic rings. The molecule has 0 bridgehead atoms. The molecule has 2 rings (SSSR count).